The van der Waals surface area contributed by atoms with Crippen LogP contribution in [-0.2, 0) is 25.7 Å². The van der Waals surface area contributed by atoms with Crippen LogP contribution in [0.25, 0.3) is 11.1 Å². The molecule has 0 aliphatic rings. The van der Waals surface area contributed by atoms with Crippen LogP contribution < -0.4 is 5.32 Å². The normalized spacial score (nSPS) is 13.1. The highest BCUT2D eigenvalue weighted by Crippen LogP contribution is 2.25. The summed E-state index contributed by atoms with van der Waals surface area (Å²) in [4.78, 5) is 38.3. The number of aromatic nitrogens is 1. The molecule has 0 fully saturated rings. The number of amides is 1. The molecule has 2 aromatic carbocycles. The van der Waals surface area contributed by atoms with Crippen molar-refractivity contribution in [3.8, 4) is 11.1 Å². The van der Waals surface area contributed by atoms with Crippen LogP contribution in [0.4, 0.5) is 0 Å². The van der Waals surface area contributed by atoms with E-state index in [4.69, 9.17) is 4.74 Å². The number of nitrogens with one attached hydrogen (secondary N) is 1. The van der Waals surface area contributed by atoms with Crippen molar-refractivity contribution in [3.63, 3.8) is 0 Å². The van der Waals surface area contributed by atoms with Crippen LogP contribution >= 0.6 is 0 Å². The van der Waals surface area contributed by atoms with Crippen molar-refractivity contribution in [2.24, 2.45) is 5.41 Å². The van der Waals surface area contributed by atoms with E-state index in [1.165, 1.54) is 6.92 Å². The third-order valence-electron chi connectivity index (χ3n) is 5.65. The molecule has 3 rings (SSSR count). The first-order valence-corrected chi connectivity index (χ1v) is 11.4. The second-order valence-corrected chi connectivity index (χ2v) is 9.50. The number of Topliss-reactive ketones (excluding diaryl/α,β-unsaturated/α-hetero) is 1. The molecule has 34 heavy (non-hydrogen) atoms. The van der Waals surface area contributed by atoms with E-state index in [9.17, 15) is 14.4 Å². The van der Waals surface area contributed by atoms with E-state index in [0.717, 1.165) is 16.7 Å². The maximum Gasteiger partial charge on any atom is 0.308 e. The summed E-state index contributed by atoms with van der Waals surface area (Å²) in [6.45, 7) is 7.28. The molecule has 0 aliphatic carbocycles. The molecule has 0 unspecified atom stereocenters. The highest BCUT2D eigenvalue weighted by atomic mass is 16.5. The van der Waals surface area contributed by atoms with E-state index >= 15 is 0 Å². The molecule has 0 saturated carbocycles. The Morgan fingerprint density at radius 3 is 2.12 bits per heavy atom. The van der Waals surface area contributed by atoms with Crippen LogP contribution in [0.15, 0.2) is 79.1 Å². The molecular weight excluding hydrogens is 428 g/mol. The van der Waals surface area contributed by atoms with Gasteiger partial charge >= 0.3 is 5.97 Å². The molecule has 0 saturated heterocycles. The van der Waals surface area contributed by atoms with Crippen LogP contribution in [0.3, 0.4) is 0 Å². The fourth-order valence-corrected chi connectivity index (χ4v) is 3.86. The highest BCUT2D eigenvalue weighted by Gasteiger charge is 2.33. The van der Waals surface area contributed by atoms with Gasteiger partial charge in [-0.3, -0.25) is 14.4 Å². The number of carbonyl (C=O) groups excluding carboxylic acids is 3. The fourth-order valence-electron chi connectivity index (χ4n) is 3.86. The van der Waals surface area contributed by atoms with Crippen molar-refractivity contribution in [1.29, 1.82) is 0 Å². The van der Waals surface area contributed by atoms with Gasteiger partial charge in [0, 0.05) is 12.4 Å². The maximum atomic E-state index is 13.4. The Kier molecular flexibility index (Phi) is 8.05. The van der Waals surface area contributed by atoms with Crippen LogP contribution in [0.5, 0.6) is 0 Å². The highest BCUT2D eigenvalue weighted by molar-refractivity contribution is 5.91. The summed E-state index contributed by atoms with van der Waals surface area (Å²) in [6.07, 6.45) is 3.46. The summed E-state index contributed by atoms with van der Waals surface area (Å²) in [5, 5.41) is 2.87. The zero-order valence-corrected chi connectivity index (χ0v) is 20.2. The largest absolute Gasteiger partial charge is 0.461 e. The van der Waals surface area contributed by atoms with Gasteiger partial charge in [-0.25, -0.2) is 0 Å². The van der Waals surface area contributed by atoms with Gasteiger partial charge in [0.2, 0.25) is 5.91 Å². The molecular formula is C28H32N2O4. The SMILES string of the molecule is CC(=O)[C@@H](NC(=O)[C@@H](CC(=O)OCc1ccccc1)n1ccc(-c2ccccc2)c1)C(C)(C)C. The molecule has 1 heterocycles. The van der Waals surface area contributed by atoms with E-state index in [1.54, 1.807) is 10.8 Å². The molecule has 1 aromatic heterocycles. The van der Waals surface area contributed by atoms with E-state index in [2.05, 4.69) is 5.32 Å². The van der Waals surface area contributed by atoms with Gasteiger partial charge < -0.3 is 14.6 Å². The Bertz CT molecular complexity index is 1110. The molecule has 3 aromatic rings. The number of hydrogen-bond donors (Lipinski definition) is 1. The van der Waals surface area contributed by atoms with Crippen molar-refractivity contribution in [2.45, 2.75) is 52.8 Å². The predicted molar refractivity (Wildman–Crippen MR) is 132 cm³/mol. The Morgan fingerprint density at radius 2 is 1.53 bits per heavy atom. The number of carbonyl (C=O) groups is 3. The lowest BCUT2D eigenvalue weighted by Crippen LogP contribution is -2.50. The first kappa shape index (κ1) is 25.0. The van der Waals surface area contributed by atoms with Crippen LogP contribution in [0, 0.1) is 5.41 Å². The third-order valence-corrected chi connectivity index (χ3v) is 5.65. The number of benzene rings is 2. The summed E-state index contributed by atoms with van der Waals surface area (Å²) in [7, 11) is 0. The Morgan fingerprint density at radius 1 is 0.912 bits per heavy atom. The summed E-state index contributed by atoms with van der Waals surface area (Å²) < 4.78 is 7.15. The quantitative estimate of drug-likeness (QED) is 0.459. The molecule has 0 spiro atoms. The summed E-state index contributed by atoms with van der Waals surface area (Å²) in [6, 6.07) is 19.5. The second-order valence-electron chi connectivity index (χ2n) is 9.50. The van der Waals surface area contributed by atoms with Crippen molar-refractivity contribution < 1.29 is 19.1 Å². The van der Waals surface area contributed by atoms with Crippen LogP contribution in [-0.4, -0.2) is 28.3 Å². The first-order chi connectivity index (χ1) is 16.1. The molecule has 178 valence electrons. The monoisotopic (exact) mass is 460 g/mol. The molecule has 0 radical (unpaired) electrons. The Balaban J connectivity index is 1.82. The van der Waals surface area contributed by atoms with E-state index in [1.807, 2.05) is 93.7 Å². The minimum absolute atomic E-state index is 0.132. The van der Waals surface area contributed by atoms with E-state index in [0.29, 0.717) is 0 Å². The lowest BCUT2D eigenvalue weighted by molar-refractivity contribution is -0.148. The van der Waals surface area contributed by atoms with Gasteiger partial charge in [0.15, 0.2) is 5.78 Å². The number of hydrogen-bond acceptors (Lipinski definition) is 4. The molecule has 0 bridgehead atoms. The Hall–Kier alpha value is -3.67. The second kappa shape index (κ2) is 11.0. The van der Waals surface area contributed by atoms with Crippen molar-refractivity contribution in [3.05, 3.63) is 84.7 Å². The van der Waals surface area contributed by atoms with Gasteiger partial charge in [-0.2, -0.15) is 0 Å². The standard InChI is InChI=1S/C28H32N2O4/c1-20(31)26(28(2,3)4)29-27(33)24(17-25(32)34-19-21-11-7-5-8-12-21)30-16-15-23(18-30)22-13-9-6-10-14-22/h5-16,18,24,26H,17,19H2,1-4H3,(H,29,33)/t24-,26-/m1/s1. The van der Waals surface area contributed by atoms with Crippen molar-refractivity contribution >= 4 is 17.7 Å². The number of nitrogens with zero attached hydrogens (tertiary/aromatic N) is 1. The minimum Gasteiger partial charge on any atom is -0.461 e. The lowest BCUT2D eigenvalue weighted by atomic mass is 9.84. The lowest BCUT2D eigenvalue weighted by Gasteiger charge is -2.31. The first-order valence-electron chi connectivity index (χ1n) is 11.4. The van der Waals surface area contributed by atoms with Crippen LogP contribution in [0.2, 0.25) is 0 Å². The summed E-state index contributed by atoms with van der Waals surface area (Å²) in [5.41, 5.74) is 2.33. The van der Waals surface area contributed by atoms with Crippen molar-refractivity contribution in [1.82, 2.24) is 9.88 Å². The average molecular weight is 461 g/mol. The zero-order chi connectivity index (χ0) is 24.7. The fraction of sp³-hybridized carbons (Fsp3) is 0.321. The predicted octanol–water partition coefficient (Wildman–Crippen LogP) is 4.95. The maximum absolute atomic E-state index is 13.4. The minimum atomic E-state index is -0.857. The van der Waals surface area contributed by atoms with E-state index < -0.39 is 29.4 Å². The topological polar surface area (TPSA) is 77.4 Å². The number of rotatable bonds is 9. The van der Waals surface area contributed by atoms with Gasteiger partial charge in [0.1, 0.15) is 12.6 Å². The molecule has 6 heteroatoms. The number of ketones is 1. The number of ether oxygens (including phenoxy) is 1. The zero-order valence-electron chi connectivity index (χ0n) is 20.2. The molecule has 6 nitrogen and oxygen atoms in total. The van der Waals surface area contributed by atoms with Gasteiger partial charge in [-0.15, -0.1) is 0 Å². The van der Waals surface area contributed by atoms with Crippen molar-refractivity contribution in [2.75, 3.05) is 0 Å². The smallest absolute Gasteiger partial charge is 0.308 e. The number of esters is 1. The summed E-state index contributed by atoms with van der Waals surface area (Å²) >= 11 is 0. The van der Waals surface area contributed by atoms with Gasteiger partial charge in [0.05, 0.1) is 12.5 Å². The van der Waals surface area contributed by atoms with Gasteiger partial charge in [0.25, 0.3) is 0 Å². The molecule has 0 aliphatic heterocycles. The molecule has 2 atom stereocenters. The Labute approximate surface area is 200 Å². The average Bonchev–Trinajstić information content (AvgIpc) is 3.30. The van der Waals surface area contributed by atoms with E-state index in [-0.39, 0.29) is 18.8 Å². The van der Waals surface area contributed by atoms with Gasteiger partial charge in [-0.1, -0.05) is 81.4 Å². The summed E-state index contributed by atoms with van der Waals surface area (Å²) in [5.74, 6) is -1.03. The molecule has 1 N–H and O–H groups in total. The molecule has 1 amide bonds. The van der Waals surface area contributed by atoms with Gasteiger partial charge in [-0.05, 0) is 35.1 Å². The third kappa shape index (κ3) is 6.67. The van der Waals surface area contributed by atoms with Crippen LogP contribution in [0.1, 0.15) is 45.7 Å².